The molecule has 19 heavy (non-hydrogen) atoms. The lowest BCUT2D eigenvalue weighted by Crippen LogP contribution is -2.36. The molecule has 1 aliphatic heterocycles. The quantitative estimate of drug-likeness (QED) is 0.616. The van der Waals surface area contributed by atoms with Crippen LogP contribution in [0, 0.1) is 0 Å². The molecule has 1 saturated heterocycles. The van der Waals surface area contributed by atoms with Gasteiger partial charge >= 0.3 is 0 Å². The molecule has 0 bridgehead atoms. The minimum Gasteiger partial charge on any atom is -0.369 e. The van der Waals surface area contributed by atoms with Crippen LogP contribution in [0.15, 0.2) is 34.3 Å². The second-order valence-corrected chi connectivity index (χ2v) is 4.55. The summed E-state index contributed by atoms with van der Waals surface area (Å²) in [6, 6.07) is 7.05. The summed E-state index contributed by atoms with van der Waals surface area (Å²) in [6.07, 6.45) is 2.29. The zero-order valence-electron chi connectivity index (χ0n) is 10.4. The van der Waals surface area contributed by atoms with Gasteiger partial charge in [-0.3, -0.25) is 0 Å². The van der Waals surface area contributed by atoms with Crippen LogP contribution in [0.2, 0.25) is 5.02 Å². The van der Waals surface area contributed by atoms with Gasteiger partial charge in [-0.1, -0.05) is 11.6 Å². The first-order chi connectivity index (χ1) is 8.65. The lowest BCUT2D eigenvalue weighted by Gasteiger charge is -2.15. The molecule has 0 amide bonds. The Morgan fingerprint density at radius 2 is 1.68 bits per heavy atom. The SMILES string of the molecule is Cl.NC(=Nc1ccc(Cl)cc1)N=C(N)N1CCCC1. The Bertz CT molecular complexity index is 464. The van der Waals surface area contributed by atoms with Crippen LogP contribution < -0.4 is 11.5 Å². The molecule has 1 aliphatic rings. The zero-order chi connectivity index (χ0) is 13.0. The largest absolute Gasteiger partial charge is 0.369 e. The number of likely N-dealkylation sites (tertiary alicyclic amines) is 1. The Labute approximate surface area is 123 Å². The Kier molecular flexibility index (Phi) is 5.92. The molecule has 0 saturated carbocycles. The van der Waals surface area contributed by atoms with E-state index in [1.54, 1.807) is 24.3 Å². The molecule has 1 fully saturated rings. The maximum Gasteiger partial charge on any atom is 0.223 e. The van der Waals surface area contributed by atoms with Crippen molar-refractivity contribution in [1.29, 1.82) is 0 Å². The smallest absolute Gasteiger partial charge is 0.223 e. The minimum atomic E-state index is 0. The first-order valence-electron chi connectivity index (χ1n) is 5.84. The molecule has 2 rings (SSSR count). The van der Waals surface area contributed by atoms with Crippen LogP contribution in [0.1, 0.15) is 12.8 Å². The molecule has 1 aromatic carbocycles. The fourth-order valence-electron chi connectivity index (χ4n) is 1.81. The van der Waals surface area contributed by atoms with Gasteiger partial charge in [-0.2, -0.15) is 4.99 Å². The summed E-state index contributed by atoms with van der Waals surface area (Å²) in [6.45, 7) is 1.87. The van der Waals surface area contributed by atoms with Gasteiger partial charge in [-0.15, -0.1) is 12.4 Å². The molecular formula is C12H17Cl2N5. The fraction of sp³-hybridized carbons (Fsp3) is 0.333. The highest BCUT2D eigenvalue weighted by molar-refractivity contribution is 6.30. The first-order valence-corrected chi connectivity index (χ1v) is 6.22. The van der Waals surface area contributed by atoms with E-state index in [0.717, 1.165) is 25.9 Å². The Hall–Kier alpha value is -1.46. The number of nitrogens with two attached hydrogens (primary N) is 2. The number of nitrogens with zero attached hydrogens (tertiary/aromatic N) is 3. The van der Waals surface area contributed by atoms with Crippen molar-refractivity contribution in [2.45, 2.75) is 12.8 Å². The summed E-state index contributed by atoms with van der Waals surface area (Å²) in [4.78, 5) is 10.2. The van der Waals surface area contributed by atoms with Crippen molar-refractivity contribution in [2.24, 2.45) is 21.5 Å². The van der Waals surface area contributed by atoms with E-state index in [1.807, 2.05) is 4.90 Å². The second kappa shape index (κ2) is 7.21. The van der Waals surface area contributed by atoms with Crippen molar-refractivity contribution in [3.8, 4) is 0 Å². The van der Waals surface area contributed by atoms with E-state index < -0.39 is 0 Å². The van der Waals surface area contributed by atoms with Crippen LogP contribution in [0.25, 0.3) is 0 Å². The van der Waals surface area contributed by atoms with Crippen molar-refractivity contribution >= 4 is 41.6 Å². The highest BCUT2D eigenvalue weighted by atomic mass is 35.5. The van der Waals surface area contributed by atoms with Gasteiger partial charge in [-0.05, 0) is 37.1 Å². The first kappa shape index (κ1) is 15.6. The molecule has 104 valence electrons. The van der Waals surface area contributed by atoms with Crippen LogP contribution in [0.3, 0.4) is 0 Å². The molecule has 0 unspecified atom stereocenters. The lowest BCUT2D eigenvalue weighted by molar-refractivity contribution is 0.514. The second-order valence-electron chi connectivity index (χ2n) is 4.11. The topological polar surface area (TPSA) is 80.0 Å². The third-order valence-corrected chi connectivity index (χ3v) is 2.98. The summed E-state index contributed by atoms with van der Waals surface area (Å²) in [5.41, 5.74) is 12.3. The summed E-state index contributed by atoms with van der Waals surface area (Å²) in [7, 11) is 0. The molecule has 4 N–H and O–H groups in total. The average Bonchev–Trinajstić information content (AvgIpc) is 2.85. The summed E-state index contributed by atoms with van der Waals surface area (Å²) < 4.78 is 0. The van der Waals surface area contributed by atoms with Gasteiger partial charge in [0.2, 0.25) is 5.96 Å². The maximum absolute atomic E-state index is 5.85. The normalized spacial score (nSPS) is 16.4. The Morgan fingerprint density at radius 3 is 2.26 bits per heavy atom. The highest BCUT2D eigenvalue weighted by Gasteiger charge is 2.13. The van der Waals surface area contributed by atoms with Gasteiger partial charge in [0.1, 0.15) is 0 Å². The molecule has 0 aromatic heterocycles. The van der Waals surface area contributed by atoms with E-state index >= 15 is 0 Å². The standard InChI is InChI=1S/C12H16ClN5.ClH/c13-9-3-5-10(6-4-9)16-11(14)17-12(15)18-7-1-2-8-18;/h3-6H,1-2,7-8H2,(H4,14,15,16,17);1H. The van der Waals surface area contributed by atoms with Crippen molar-refractivity contribution in [3.05, 3.63) is 29.3 Å². The third-order valence-electron chi connectivity index (χ3n) is 2.73. The van der Waals surface area contributed by atoms with Gasteiger partial charge < -0.3 is 16.4 Å². The van der Waals surface area contributed by atoms with Gasteiger partial charge in [0, 0.05) is 18.1 Å². The molecule has 1 aromatic rings. The molecule has 0 radical (unpaired) electrons. The Morgan fingerprint density at radius 1 is 1.11 bits per heavy atom. The van der Waals surface area contributed by atoms with Gasteiger partial charge in [0.25, 0.3) is 0 Å². The predicted octanol–water partition coefficient (Wildman–Crippen LogP) is 2.12. The minimum absolute atomic E-state index is 0. The van der Waals surface area contributed by atoms with E-state index in [1.165, 1.54) is 0 Å². The monoisotopic (exact) mass is 301 g/mol. The van der Waals surface area contributed by atoms with Crippen LogP contribution in [-0.2, 0) is 0 Å². The molecule has 0 spiro atoms. The number of rotatable bonds is 1. The van der Waals surface area contributed by atoms with E-state index in [4.69, 9.17) is 23.1 Å². The van der Waals surface area contributed by atoms with E-state index in [2.05, 4.69) is 9.98 Å². The Balaban J connectivity index is 0.00000180. The lowest BCUT2D eigenvalue weighted by atomic mass is 10.3. The van der Waals surface area contributed by atoms with E-state index in [-0.39, 0.29) is 18.4 Å². The number of aliphatic imine (C=N–C) groups is 2. The third kappa shape index (κ3) is 4.61. The molecule has 0 atom stereocenters. The van der Waals surface area contributed by atoms with Crippen molar-refractivity contribution < 1.29 is 0 Å². The predicted molar refractivity (Wildman–Crippen MR) is 82.4 cm³/mol. The van der Waals surface area contributed by atoms with Gasteiger partial charge in [0.15, 0.2) is 5.96 Å². The van der Waals surface area contributed by atoms with Gasteiger partial charge in [-0.25, -0.2) is 4.99 Å². The molecule has 7 heteroatoms. The van der Waals surface area contributed by atoms with E-state index in [0.29, 0.717) is 16.7 Å². The molecule has 0 aliphatic carbocycles. The van der Waals surface area contributed by atoms with E-state index in [9.17, 15) is 0 Å². The fourth-order valence-corrected chi connectivity index (χ4v) is 1.93. The maximum atomic E-state index is 5.85. The average molecular weight is 302 g/mol. The van der Waals surface area contributed by atoms with Crippen molar-refractivity contribution in [3.63, 3.8) is 0 Å². The number of halogens is 2. The van der Waals surface area contributed by atoms with Crippen LogP contribution >= 0.6 is 24.0 Å². The summed E-state index contributed by atoms with van der Waals surface area (Å²) in [5, 5.41) is 0.660. The summed E-state index contributed by atoms with van der Waals surface area (Å²) >= 11 is 5.78. The summed E-state index contributed by atoms with van der Waals surface area (Å²) in [5.74, 6) is 0.587. The molecular weight excluding hydrogens is 285 g/mol. The number of guanidine groups is 2. The highest BCUT2D eigenvalue weighted by Crippen LogP contribution is 2.16. The molecule has 5 nitrogen and oxygen atoms in total. The number of hydrogen-bond acceptors (Lipinski definition) is 1. The van der Waals surface area contributed by atoms with Crippen molar-refractivity contribution in [1.82, 2.24) is 4.90 Å². The molecule has 1 heterocycles. The number of benzene rings is 1. The van der Waals surface area contributed by atoms with Crippen LogP contribution in [0.4, 0.5) is 5.69 Å². The zero-order valence-corrected chi connectivity index (χ0v) is 12.0. The van der Waals surface area contributed by atoms with Gasteiger partial charge in [0.05, 0.1) is 5.69 Å². The number of hydrogen-bond donors (Lipinski definition) is 2. The van der Waals surface area contributed by atoms with Crippen LogP contribution in [-0.4, -0.2) is 29.9 Å². The van der Waals surface area contributed by atoms with Crippen LogP contribution in [0.5, 0.6) is 0 Å². The van der Waals surface area contributed by atoms with Crippen molar-refractivity contribution in [2.75, 3.05) is 13.1 Å².